The first kappa shape index (κ1) is 15.3. The molecule has 0 saturated carbocycles. The number of likely N-dealkylation sites (N-methyl/N-ethyl adjacent to an activating group) is 1. The van der Waals surface area contributed by atoms with E-state index in [9.17, 15) is 4.39 Å². The number of piperidine rings is 1. The van der Waals surface area contributed by atoms with Crippen molar-refractivity contribution in [2.75, 3.05) is 38.6 Å². The predicted octanol–water partition coefficient (Wildman–Crippen LogP) is 2.47. The number of nitrogens with one attached hydrogen (secondary N) is 1. The van der Waals surface area contributed by atoms with Crippen molar-refractivity contribution in [3.8, 4) is 0 Å². The maximum Gasteiger partial charge on any atom is 0.146 e. The average molecular weight is 279 g/mol. The number of halogens is 1. The van der Waals surface area contributed by atoms with Crippen molar-refractivity contribution in [1.82, 2.24) is 10.2 Å². The number of rotatable bonds is 5. The highest BCUT2D eigenvalue weighted by Crippen LogP contribution is 2.25. The Balaban J connectivity index is 2.08. The lowest BCUT2D eigenvalue weighted by Crippen LogP contribution is -2.45. The fourth-order valence-electron chi connectivity index (χ4n) is 2.78. The summed E-state index contributed by atoms with van der Waals surface area (Å²) in [5.74, 6) is -0.0974. The van der Waals surface area contributed by atoms with Crippen LogP contribution in [0.1, 0.15) is 25.3 Å². The largest absolute Gasteiger partial charge is 0.368 e. The maximum atomic E-state index is 14.3. The van der Waals surface area contributed by atoms with Gasteiger partial charge in [-0.1, -0.05) is 13.0 Å². The van der Waals surface area contributed by atoms with Gasteiger partial charge in [0.25, 0.3) is 0 Å². The van der Waals surface area contributed by atoms with Gasteiger partial charge in [0.15, 0.2) is 0 Å². The van der Waals surface area contributed by atoms with Crippen LogP contribution in [0.4, 0.5) is 10.1 Å². The molecular formula is C16H26FN3. The molecule has 1 unspecified atom stereocenters. The van der Waals surface area contributed by atoms with Gasteiger partial charge >= 0.3 is 0 Å². The third-order valence-electron chi connectivity index (χ3n) is 4.06. The smallest absolute Gasteiger partial charge is 0.146 e. The van der Waals surface area contributed by atoms with E-state index >= 15 is 0 Å². The van der Waals surface area contributed by atoms with E-state index in [1.807, 2.05) is 12.1 Å². The Morgan fingerprint density at radius 2 is 2.20 bits per heavy atom. The first-order chi connectivity index (χ1) is 9.61. The molecule has 0 aromatic heterocycles. The van der Waals surface area contributed by atoms with Crippen molar-refractivity contribution in [2.24, 2.45) is 0 Å². The van der Waals surface area contributed by atoms with Crippen molar-refractivity contribution in [3.63, 3.8) is 0 Å². The lowest BCUT2D eigenvalue weighted by Gasteiger charge is -2.37. The van der Waals surface area contributed by atoms with Crippen LogP contribution in [-0.2, 0) is 6.54 Å². The summed E-state index contributed by atoms with van der Waals surface area (Å²) in [4.78, 5) is 4.42. The van der Waals surface area contributed by atoms with E-state index in [4.69, 9.17) is 0 Å². The summed E-state index contributed by atoms with van der Waals surface area (Å²) in [5.41, 5.74) is 1.76. The highest BCUT2D eigenvalue weighted by atomic mass is 19.1. The van der Waals surface area contributed by atoms with Gasteiger partial charge in [-0.2, -0.15) is 0 Å². The van der Waals surface area contributed by atoms with Crippen molar-refractivity contribution >= 4 is 5.69 Å². The molecular weight excluding hydrogens is 253 g/mol. The highest BCUT2D eigenvalue weighted by molar-refractivity contribution is 5.49. The van der Waals surface area contributed by atoms with E-state index in [1.54, 1.807) is 6.07 Å². The van der Waals surface area contributed by atoms with Crippen LogP contribution in [0, 0.1) is 5.82 Å². The summed E-state index contributed by atoms with van der Waals surface area (Å²) in [6.45, 7) is 5.55. The Morgan fingerprint density at radius 3 is 2.85 bits per heavy atom. The van der Waals surface area contributed by atoms with E-state index in [0.29, 0.717) is 6.04 Å². The Bertz CT molecular complexity index is 434. The van der Waals surface area contributed by atoms with Crippen LogP contribution >= 0.6 is 0 Å². The van der Waals surface area contributed by atoms with Gasteiger partial charge in [-0.15, -0.1) is 0 Å². The minimum atomic E-state index is -0.0974. The van der Waals surface area contributed by atoms with Gasteiger partial charge in [-0.05, 0) is 51.2 Å². The molecule has 1 N–H and O–H groups in total. The zero-order valence-electron chi connectivity index (χ0n) is 12.8. The average Bonchev–Trinajstić information content (AvgIpc) is 2.45. The third kappa shape index (κ3) is 3.70. The molecule has 0 bridgehead atoms. The zero-order chi connectivity index (χ0) is 14.5. The second kappa shape index (κ2) is 7.04. The molecule has 1 fully saturated rings. The number of anilines is 1. The molecule has 3 nitrogen and oxygen atoms in total. The molecule has 0 radical (unpaired) electrons. The summed E-state index contributed by atoms with van der Waals surface area (Å²) < 4.78 is 14.3. The molecule has 2 rings (SSSR count). The predicted molar refractivity (Wildman–Crippen MR) is 82.7 cm³/mol. The van der Waals surface area contributed by atoms with Gasteiger partial charge in [0.2, 0.25) is 0 Å². The van der Waals surface area contributed by atoms with Gasteiger partial charge in [0.05, 0.1) is 5.69 Å². The minimum absolute atomic E-state index is 0.0974. The Kier molecular flexibility index (Phi) is 5.38. The van der Waals surface area contributed by atoms with E-state index in [1.165, 1.54) is 6.42 Å². The molecule has 1 heterocycles. The molecule has 1 aromatic carbocycles. The Hall–Kier alpha value is -1.13. The zero-order valence-corrected chi connectivity index (χ0v) is 12.8. The molecule has 0 amide bonds. The van der Waals surface area contributed by atoms with Crippen molar-refractivity contribution in [1.29, 1.82) is 0 Å². The molecule has 1 aromatic rings. The minimum Gasteiger partial charge on any atom is -0.368 e. The summed E-state index contributed by atoms with van der Waals surface area (Å²) >= 11 is 0. The quantitative estimate of drug-likeness (QED) is 0.893. The highest BCUT2D eigenvalue weighted by Gasteiger charge is 2.23. The fourth-order valence-corrected chi connectivity index (χ4v) is 2.78. The molecule has 112 valence electrons. The van der Waals surface area contributed by atoms with Gasteiger partial charge in [-0.3, -0.25) is 0 Å². The maximum absolute atomic E-state index is 14.3. The normalized spacial score (nSPS) is 19.6. The molecule has 1 atom stereocenters. The fraction of sp³-hybridized carbons (Fsp3) is 0.625. The van der Waals surface area contributed by atoms with E-state index in [-0.39, 0.29) is 5.82 Å². The Labute approximate surface area is 121 Å². The molecule has 1 aliphatic heterocycles. The first-order valence-corrected chi connectivity index (χ1v) is 7.52. The number of hydrogen-bond donors (Lipinski definition) is 1. The van der Waals surface area contributed by atoms with Crippen molar-refractivity contribution < 1.29 is 4.39 Å². The van der Waals surface area contributed by atoms with Crippen LogP contribution < -0.4 is 10.2 Å². The van der Waals surface area contributed by atoms with Crippen LogP contribution in [0.15, 0.2) is 18.2 Å². The first-order valence-electron chi connectivity index (χ1n) is 7.52. The van der Waals surface area contributed by atoms with Gasteiger partial charge in [0.1, 0.15) is 5.82 Å². The second-order valence-corrected chi connectivity index (χ2v) is 5.77. The number of hydrogen-bond acceptors (Lipinski definition) is 3. The van der Waals surface area contributed by atoms with Gasteiger partial charge in [-0.25, -0.2) is 4.39 Å². The summed E-state index contributed by atoms with van der Waals surface area (Å²) in [6, 6.07) is 6.14. The van der Waals surface area contributed by atoms with Crippen LogP contribution in [-0.4, -0.2) is 44.7 Å². The molecule has 4 heteroatoms. The summed E-state index contributed by atoms with van der Waals surface area (Å²) in [6.07, 6.45) is 2.32. The van der Waals surface area contributed by atoms with Gasteiger partial charge in [0, 0.05) is 25.7 Å². The van der Waals surface area contributed by atoms with Gasteiger partial charge < -0.3 is 15.1 Å². The monoisotopic (exact) mass is 279 g/mol. The third-order valence-corrected chi connectivity index (χ3v) is 4.06. The standard InChI is InChI=1S/C16H26FN3/c1-4-18-11-13-7-8-16(15(17)10-13)20-9-5-6-14(12-20)19(2)3/h7-8,10,14,18H,4-6,9,11-12H2,1-3H3. The lowest BCUT2D eigenvalue weighted by molar-refractivity contribution is 0.257. The van der Waals surface area contributed by atoms with E-state index in [2.05, 4.69) is 36.1 Å². The molecule has 20 heavy (non-hydrogen) atoms. The lowest BCUT2D eigenvalue weighted by atomic mass is 10.0. The topological polar surface area (TPSA) is 18.5 Å². The number of nitrogens with zero attached hydrogens (tertiary/aromatic N) is 2. The molecule has 0 spiro atoms. The Morgan fingerprint density at radius 1 is 1.40 bits per heavy atom. The van der Waals surface area contributed by atoms with Crippen LogP contribution in [0.25, 0.3) is 0 Å². The SMILES string of the molecule is CCNCc1ccc(N2CCCC(N(C)C)C2)c(F)c1. The summed E-state index contributed by atoms with van der Waals surface area (Å²) in [7, 11) is 4.20. The second-order valence-electron chi connectivity index (χ2n) is 5.77. The molecule has 0 aliphatic carbocycles. The van der Waals surface area contributed by atoms with Crippen LogP contribution in [0.3, 0.4) is 0 Å². The number of benzene rings is 1. The van der Waals surface area contributed by atoms with Crippen LogP contribution in [0.5, 0.6) is 0 Å². The molecule has 1 aliphatic rings. The van der Waals surface area contributed by atoms with E-state index < -0.39 is 0 Å². The van der Waals surface area contributed by atoms with Crippen LogP contribution in [0.2, 0.25) is 0 Å². The summed E-state index contributed by atoms with van der Waals surface area (Å²) in [5, 5.41) is 3.23. The van der Waals surface area contributed by atoms with Crippen molar-refractivity contribution in [2.45, 2.75) is 32.4 Å². The molecule has 1 saturated heterocycles. The van der Waals surface area contributed by atoms with E-state index in [0.717, 1.165) is 43.9 Å². The van der Waals surface area contributed by atoms with Crippen molar-refractivity contribution in [3.05, 3.63) is 29.6 Å².